The monoisotopic (exact) mass is 324 g/mol. The summed E-state index contributed by atoms with van der Waals surface area (Å²) in [5.74, 6) is 3.56. The zero-order valence-corrected chi connectivity index (χ0v) is 15.7. The second-order valence-corrected chi connectivity index (χ2v) is 9.11. The van der Waals surface area contributed by atoms with Gasteiger partial charge in [-0.25, -0.2) is 0 Å². The molecule has 0 bridgehead atoms. The molecule has 0 spiro atoms. The molecule has 130 valence electrons. The molecule has 2 saturated carbocycles. The highest BCUT2D eigenvalue weighted by atomic mass is 16.3. The predicted molar refractivity (Wildman–Crippen MR) is 100 cm³/mol. The summed E-state index contributed by atoms with van der Waals surface area (Å²) in [5.41, 5.74) is 6.87. The number of hydrogen-bond donors (Lipinski definition) is 1. The van der Waals surface area contributed by atoms with Gasteiger partial charge >= 0.3 is 0 Å². The first-order chi connectivity index (χ1) is 11.4. The molecule has 4 atom stereocenters. The second-order valence-electron chi connectivity index (χ2n) is 9.11. The smallest absolute Gasteiger partial charge is 0.115 e. The van der Waals surface area contributed by atoms with E-state index in [4.69, 9.17) is 0 Å². The first-order valence-electron chi connectivity index (χ1n) is 9.93. The molecule has 0 aromatic heterocycles. The van der Waals surface area contributed by atoms with Crippen LogP contribution in [0.5, 0.6) is 5.75 Å². The van der Waals surface area contributed by atoms with Gasteiger partial charge in [-0.2, -0.15) is 0 Å². The highest BCUT2D eigenvalue weighted by molar-refractivity contribution is 5.41. The number of phenolic OH excluding ortho intramolecular Hbond substituents is 1. The number of fused-ring (bicyclic) bond motifs is 5. The second kappa shape index (κ2) is 5.64. The van der Waals surface area contributed by atoms with Crippen molar-refractivity contribution in [3.63, 3.8) is 0 Å². The number of phenols is 1. The third-order valence-corrected chi connectivity index (χ3v) is 7.84. The van der Waals surface area contributed by atoms with Crippen LogP contribution in [0.4, 0.5) is 0 Å². The Bertz CT molecular complexity index is 683. The molecule has 3 aliphatic carbocycles. The maximum Gasteiger partial charge on any atom is 0.115 e. The Kier molecular flexibility index (Phi) is 3.82. The molecular weight excluding hydrogens is 292 g/mol. The van der Waals surface area contributed by atoms with E-state index in [0.717, 1.165) is 24.2 Å². The van der Waals surface area contributed by atoms with Crippen molar-refractivity contribution in [3.8, 4) is 5.75 Å². The number of benzene rings is 1. The van der Waals surface area contributed by atoms with Gasteiger partial charge in [0.25, 0.3) is 0 Å². The third kappa shape index (κ3) is 2.27. The summed E-state index contributed by atoms with van der Waals surface area (Å²) < 4.78 is 0. The normalized spacial score (nSPS) is 37.0. The van der Waals surface area contributed by atoms with E-state index < -0.39 is 0 Å². The SMILES string of the molecule is CC(=C1CC[C@H]2[C@@H]3CCc4cc(O)ccc4[C@H]3CC[C@]12C)C(C)C. The van der Waals surface area contributed by atoms with Crippen LogP contribution in [-0.2, 0) is 6.42 Å². The number of rotatable bonds is 1. The Morgan fingerprint density at radius 1 is 1.17 bits per heavy atom. The van der Waals surface area contributed by atoms with E-state index in [0.29, 0.717) is 17.1 Å². The highest BCUT2D eigenvalue weighted by Gasteiger charge is 2.52. The zero-order valence-electron chi connectivity index (χ0n) is 15.7. The Labute approximate surface area is 147 Å². The number of hydrogen-bond acceptors (Lipinski definition) is 1. The standard InChI is InChI=1S/C23H32O/c1-14(2)15(3)21-9-10-22-20-7-5-16-13-17(24)6-8-18(16)19(20)11-12-23(21,22)4/h6,8,13-14,19-20,22,24H,5,7,9-12H2,1-4H3/t19-,20-,22+,23-/m1/s1. The molecule has 0 heterocycles. The lowest BCUT2D eigenvalue weighted by atomic mass is 9.54. The van der Waals surface area contributed by atoms with Crippen LogP contribution < -0.4 is 0 Å². The van der Waals surface area contributed by atoms with Crippen LogP contribution in [0, 0.1) is 23.2 Å². The summed E-state index contributed by atoms with van der Waals surface area (Å²) in [6, 6.07) is 6.13. The summed E-state index contributed by atoms with van der Waals surface area (Å²) in [7, 11) is 0. The molecule has 1 nitrogen and oxygen atoms in total. The minimum absolute atomic E-state index is 0.437. The molecule has 3 aliphatic rings. The van der Waals surface area contributed by atoms with E-state index >= 15 is 0 Å². The van der Waals surface area contributed by atoms with E-state index in [-0.39, 0.29) is 0 Å². The van der Waals surface area contributed by atoms with E-state index in [2.05, 4.69) is 33.8 Å². The minimum Gasteiger partial charge on any atom is -0.508 e. The lowest BCUT2D eigenvalue weighted by Crippen LogP contribution is -2.40. The first kappa shape index (κ1) is 16.2. The van der Waals surface area contributed by atoms with E-state index in [9.17, 15) is 5.11 Å². The molecule has 24 heavy (non-hydrogen) atoms. The van der Waals surface area contributed by atoms with Gasteiger partial charge in [0.15, 0.2) is 0 Å². The quantitative estimate of drug-likeness (QED) is 0.608. The number of aryl methyl sites for hydroxylation is 1. The fourth-order valence-electron chi connectivity index (χ4n) is 6.38. The summed E-state index contributed by atoms with van der Waals surface area (Å²) in [6.07, 6.45) is 7.86. The van der Waals surface area contributed by atoms with Crippen LogP contribution >= 0.6 is 0 Å². The summed E-state index contributed by atoms with van der Waals surface area (Å²) in [4.78, 5) is 0. The Hall–Kier alpha value is -1.24. The van der Waals surface area contributed by atoms with Crippen molar-refractivity contribution in [2.45, 2.75) is 72.1 Å². The highest BCUT2D eigenvalue weighted by Crippen LogP contribution is 2.63. The molecule has 2 fully saturated rings. The van der Waals surface area contributed by atoms with Crippen molar-refractivity contribution in [2.24, 2.45) is 23.2 Å². The topological polar surface area (TPSA) is 20.2 Å². The lowest BCUT2D eigenvalue weighted by molar-refractivity contribution is 0.0805. The maximum absolute atomic E-state index is 9.82. The van der Waals surface area contributed by atoms with Crippen molar-refractivity contribution in [2.75, 3.05) is 0 Å². The van der Waals surface area contributed by atoms with Crippen molar-refractivity contribution < 1.29 is 5.11 Å². The largest absolute Gasteiger partial charge is 0.508 e. The minimum atomic E-state index is 0.437. The van der Waals surface area contributed by atoms with Gasteiger partial charge in [0.2, 0.25) is 0 Å². The average molecular weight is 325 g/mol. The fraction of sp³-hybridized carbons (Fsp3) is 0.652. The van der Waals surface area contributed by atoms with Gasteiger partial charge in [-0.3, -0.25) is 0 Å². The van der Waals surface area contributed by atoms with E-state index in [1.807, 2.05) is 12.1 Å². The summed E-state index contributed by atoms with van der Waals surface area (Å²) >= 11 is 0. The van der Waals surface area contributed by atoms with Crippen LogP contribution in [0.2, 0.25) is 0 Å². The van der Waals surface area contributed by atoms with Gasteiger partial charge in [0.05, 0.1) is 0 Å². The Morgan fingerprint density at radius 3 is 2.71 bits per heavy atom. The van der Waals surface area contributed by atoms with Crippen LogP contribution in [0.3, 0.4) is 0 Å². The molecular formula is C23H32O. The van der Waals surface area contributed by atoms with E-state index in [1.165, 1.54) is 37.7 Å². The van der Waals surface area contributed by atoms with Gasteiger partial charge in [-0.15, -0.1) is 0 Å². The molecule has 0 aliphatic heterocycles. The Balaban J connectivity index is 1.70. The molecule has 0 saturated heterocycles. The molecule has 0 unspecified atom stereocenters. The van der Waals surface area contributed by atoms with Crippen molar-refractivity contribution in [1.82, 2.24) is 0 Å². The van der Waals surface area contributed by atoms with E-state index in [1.54, 1.807) is 16.7 Å². The van der Waals surface area contributed by atoms with Crippen LogP contribution in [0.25, 0.3) is 0 Å². The average Bonchev–Trinajstić information content (AvgIpc) is 2.90. The van der Waals surface area contributed by atoms with Gasteiger partial charge in [-0.1, -0.05) is 38.0 Å². The van der Waals surface area contributed by atoms with Gasteiger partial charge in [0, 0.05) is 0 Å². The van der Waals surface area contributed by atoms with Gasteiger partial charge in [0.1, 0.15) is 5.75 Å². The maximum atomic E-state index is 9.82. The summed E-state index contributed by atoms with van der Waals surface area (Å²) in [6.45, 7) is 9.68. The summed E-state index contributed by atoms with van der Waals surface area (Å²) in [5, 5.41) is 9.82. The zero-order chi connectivity index (χ0) is 17.1. The molecule has 1 aromatic rings. The van der Waals surface area contributed by atoms with Gasteiger partial charge in [-0.05, 0) is 97.8 Å². The molecule has 1 heteroatoms. The number of allylic oxidation sites excluding steroid dienone is 2. The van der Waals surface area contributed by atoms with Crippen molar-refractivity contribution >= 4 is 0 Å². The van der Waals surface area contributed by atoms with Gasteiger partial charge < -0.3 is 5.11 Å². The fourth-order valence-corrected chi connectivity index (χ4v) is 6.38. The molecule has 0 amide bonds. The Morgan fingerprint density at radius 2 is 1.96 bits per heavy atom. The molecule has 1 aromatic carbocycles. The first-order valence-corrected chi connectivity index (χ1v) is 9.93. The van der Waals surface area contributed by atoms with Crippen LogP contribution in [-0.4, -0.2) is 5.11 Å². The molecule has 1 N–H and O–H groups in total. The van der Waals surface area contributed by atoms with Crippen LogP contribution in [0.1, 0.15) is 76.8 Å². The molecule has 4 rings (SSSR count). The lowest BCUT2D eigenvalue weighted by Gasteiger charge is -2.50. The van der Waals surface area contributed by atoms with Crippen LogP contribution in [0.15, 0.2) is 29.3 Å². The number of aromatic hydroxyl groups is 1. The van der Waals surface area contributed by atoms with Crippen molar-refractivity contribution in [1.29, 1.82) is 0 Å². The predicted octanol–water partition coefficient (Wildman–Crippen LogP) is 6.22. The van der Waals surface area contributed by atoms with Crippen molar-refractivity contribution in [3.05, 3.63) is 40.5 Å². The third-order valence-electron chi connectivity index (χ3n) is 7.84. The molecule has 0 radical (unpaired) electrons.